The zero-order valence-electron chi connectivity index (χ0n) is 13.8. The molecule has 0 bridgehead atoms. The van der Waals surface area contributed by atoms with E-state index in [-0.39, 0.29) is 22.4 Å². The van der Waals surface area contributed by atoms with Crippen LogP contribution in [0.4, 0.5) is 10.1 Å². The molecule has 24 heavy (non-hydrogen) atoms. The van der Waals surface area contributed by atoms with Gasteiger partial charge in [-0.05, 0) is 24.0 Å². The average Bonchev–Trinajstić information content (AvgIpc) is 2.92. The minimum absolute atomic E-state index is 0.0119. The number of aromatic amines is 1. The number of halogens is 1. The molecular formula is C18H19FN2O3. The van der Waals surface area contributed by atoms with Gasteiger partial charge in [-0.1, -0.05) is 13.8 Å². The number of hydrogen-bond donors (Lipinski definition) is 2. The normalized spacial score (nSPS) is 15.8. The van der Waals surface area contributed by atoms with Crippen molar-refractivity contribution in [3.8, 4) is 5.75 Å². The number of carbonyl (C=O) groups is 2. The number of hydrogen-bond acceptors (Lipinski definition) is 3. The Bertz CT molecular complexity index is 824. The van der Waals surface area contributed by atoms with Gasteiger partial charge in [0.2, 0.25) is 0 Å². The summed E-state index contributed by atoms with van der Waals surface area (Å²) in [6.07, 6.45) is 2.58. The molecule has 0 saturated carbocycles. The lowest BCUT2D eigenvalue weighted by molar-refractivity contribution is 0.0902. The zero-order chi connectivity index (χ0) is 17.5. The molecule has 0 radical (unpaired) electrons. The number of Topliss-reactive ketones (excluding diaryl/α,β-unsaturated/α-hetero) is 1. The Labute approximate surface area is 139 Å². The van der Waals surface area contributed by atoms with Gasteiger partial charge < -0.3 is 15.0 Å². The summed E-state index contributed by atoms with van der Waals surface area (Å²) in [5.74, 6) is -0.729. The highest BCUT2D eigenvalue weighted by atomic mass is 19.1. The number of benzene rings is 1. The number of amides is 1. The third-order valence-electron chi connectivity index (χ3n) is 4.20. The quantitative estimate of drug-likeness (QED) is 0.904. The molecule has 1 aromatic heterocycles. The Kier molecular flexibility index (Phi) is 3.91. The maximum absolute atomic E-state index is 13.9. The number of anilines is 1. The van der Waals surface area contributed by atoms with Crippen LogP contribution < -0.4 is 10.1 Å². The van der Waals surface area contributed by atoms with E-state index < -0.39 is 11.7 Å². The first-order valence-electron chi connectivity index (χ1n) is 7.69. The molecule has 0 saturated heterocycles. The average molecular weight is 330 g/mol. The van der Waals surface area contributed by atoms with Gasteiger partial charge in [-0.25, -0.2) is 4.39 Å². The van der Waals surface area contributed by atoms with Crippen molar-refractivity contribution in [3.05, 3.63) is 47.0 Å². The van der Waals surface area contributed by atoms with Gasteiger partial charge in [-0.2, -0.15) is 0 Å². The van der Waals surface area contributed by atoms with Gasteiger partial charge in [0.25, 0.3) is 5.91 Å². The second kappa shape index (κ2) is 5.78. The number of carbonyl (C=O) groups excluding carboxylic acids is 2. The van der Waals surface area contributed by atoms with Crippen molar-refractivity contribution < 1.29 is 18.7 Å². The molecule has 0 spiro atoms. The Morgan fingerprint density at radius 1 is 1.33 bits per heavy atom. The molecule has 1 aromatic carbocycles. The van der Waals surface area contributed by atoms with Crippen molar-refractivity contribution in [1.82, 2.24) is 4.98 Å². The minimum Gasteiger partial charge on any atom is -0.497 e. The summed E-state index contributed by atoms with van der Waals surface area (Å²) < 4.78 is 18.9. The Hall–Kier alpha value is -2.63. The summed E-state index contributed by atoms with van der Waals surface area (Å²) in [5, 5.41) is 2.51. The van der Waals surface area contributed by atoms with E-state index in [1.807, 2.05) is 13.8 Å². The second-order valence-corrected chi connectivity index (χ2v) is 6.80. The van der Waals surface area contributed by atoms with Crippen LogP contribution in [0.3, 0.4) is 0 Å². The maximum atomic E-state index is 13.9. The summed E-state index contributed by atoms with van der Waals surface area (Å²) in [6, 6.07) is 4.08. The van der Waals surface area contributed by atoms with Gasteiger partial charge in [-0.3, -0.25) is 9.59 Å². The van der Waals surface area contributed by atoms with E-state index in [9.17, 15) is 14.0 Å². The standard InChI is InChI=1S/C18H19FN2O3/c1-18(2)7-14-16(15(22)8-18)11(9-20-14)17(23)21-13-6-10(24-3)4-5-12(13)19/h4-6,9,20H,7-8H2,1-3H3,(H,21,23). The smallest absolute Gasteiger partial charge is 0.258 e. The molecule has 5 nitrogen and oxygen atoms in total. The Morgan fingerprint density at radius 2 is 2.08 bits per heavy atom. The van der Waals surface area contributed by atoms with E-state index in [2.05, 4.69) is 10.3 Å². The molecule has 126 valence electrons. The van der Waals surface area contributed by atoms with Crippen LogP contribution in [0.5, 0.6) is 5.75 Å². The highest BCUT2D eigenvalue weighted by molar-refractivity contribution is 6.13. The monoisotopic (exact) mass is 330 g/mol. The fourth-order valence-corrected chi connectivity index (χ4v) is 3.08. The molecule has 1 heterocycles. The molecule has 0 unspecified atom stereocenters. The molecule has 1 aliphatic rings. The van der Waals surface area contributed by atoms with Crippen molar-refractivity contribution in [2.24, 2.45) is 5.41 Å². The summed E-state index contributed by atoms with van der Waals surface area (Å²) in [6.45, 7) is 4.03. The van der Waals surface area contributed by atoms with Crippen LogP contribution in [0.25, 0.3) is 0 Å². The lowest BCUT2D eigenvalue weighted by atomic mass is 9.75. The minimum atomic E-state index is -0.569. The Balaban J connectivity index is 1.90. The first-order chi connectivity index (χ1) is 11.3. The van der Waals surface area contributed by atoms with Crippen LogP contribution in [0.15, 0.2) is 24.4 Å². The van der Waals surface area contributed by atoms with E-state index >= 15 is 0 Å². The lowest BCUT2D eigenvalue weighted by Gasteiger charge is -2.28. The summed E-state index contributed by atoms with van der Waals surface area (Å²) in [7, 11) is 1.46. The van der Waals surface area contributed by atoms with Crippen molar-refractivity contribution in [1.29, 1.82) is 0 Å². The first-order valence-corrected chi connectivity index (χ1v) is 7.69. The largest absolute Gasteiger partial charge is 0.497 e. The zero-order valence-corrected chi connectivity index (χ0v) is 13.8. The molecule has 6 heteroatoms. The van der Waals surface area contributed by atoms with Crippen LogP contribution in [-0.2, 0) is 6.42 Å². The van der Waals surface area contributed by atoms with Crippen molar-refractivity contribution in [3.63, 3.8) is 0 Å². The molecular weight excluding hydrogens is 311 g/mol. The molecule has 1 amide bonds. The third kappa shape index (κ3) is 2.91. The van der Waals surface area contributed by atoms with E-state index in [0.717, 1.165) is 5.69 Å². The Morgan fingerprint density at radius 3 is 2.79 bits per heavy atom. The van der Waals surface area contributed by atoms with Gasteiger partial charge in [0.1, 0.15) is 11.6 Å². The number of methoxy groups -OCH3 is 1. The van der Waals surface area contributed by atoms with E-state index in [4.69, 9.17) is 4.74 Å². The van der Waals surface area contributed by atoms with E-state index in [1.54, 1.807) is 0 Å². The van der Waals surface area contributed by atoms with Crippen LogP contribution in [-0.4, -0.2) is 23.8 Å². The number of ether oxygens (including phenoxy) is 1. The van der Waals surface area contributed by atoms with Gasteiger partial charge >= 0.3 is 0 Å². The number of ketones is 1. The van der Waals surface area contributed by atoms with Gasteiger partial charge in [0.15, 0.2) is 5.78 Å². The lowest BCUT2D eigenvalue weighted by Crippen LogP contribution is -2.28. The van der Waals surface area contributed by atoms with Crippen molar-refractivity contribution >= 4 is 17.4 Å². The van der Waals surface area contributed by atoms with E-state index in [0.29, 0.717) is 24.2 Å². The fraction of sp³-hybridized carbons (Fsp3) is 0.333. The first kappa shape index (κ1) is 16.2. The molecule has 0 fully saturated rings. The van der Waals surface area contributed by atoms with Crippen molar-refractivity contribution in [2.45, 2.75) is 26.7 Å². The summed E-state index contributed by atoms with van der Waals surface area (Å²) in [4.78, 5) is 27.9. The van der Waals surface area contributed by atoms with E-state index in [1.165, 1.54) is 31.5 Å². The number of fused-ring (bicyclic) bond motifs is 1. The number of aromatic nitrogens is 1. The van der Waals surface area contributed by atoms with Gasteiger partial charge in [0, 0.05) is 24.4 Å². The molecule has 0 aliphatic heterocycles. The third-order valence-corrected chi connectivity index (χ3v) is 4.20. The highest BCUT2D eigenvalue weighted by Crippen LogP contribution is 2.36. The van der Waals surface area contributed by atoms with Crippen LogP contribution in [0.2, 0.25) is 0 Å². The second-order valence-electron chi connectivity index (χ2n) is 6.80. The maximum Gasteiger partial charge on any atom is 0.258 e. The fourth-order valence-electron chi connectivity index (χ4n) is 3.08. The van der Waals surface area contributed by atoms with Gasteiger partial charge in [-0.15, -0.1) is 0 Å². The number of rotatable bonds is 3. The molecule has 3 rings (SSSR count). The highest BCUT2D eigenvalue weighted by Gasteiger charge is 2.35. The van der Waals surface area contributed by atoms with Crippen LogP contribution in [0, 0.1) is 11.2 Å². The molecule has 1 aliphatic carbocycles. The molecule has 2 aromatic rings. The summed E-state index contributed by atoms with van der Waals surface area (Å²) >= 11 is 0. The molecule has 2 N–H and O–H groups in total. The SMILES string of the molecule is COc1ccc(F)c(NC(=O)c2c[nH]c3c2C(=O)CC(C)(C)C3)c1. The van der Waals surface area contributed by atoms with Gasteiger partial charge in [0.05, 0.1) is 23.9 Å². The van der Waals surface area contributed by atoms with Crippen LogP contribution >= 0.6 is 0 Å². The number of nitrogens with one attached hydrogen (secondary N) is 2. The van der Waals surface area contributed by atoms with Crippen LogP contribution in [0.1, 0.15) is 46.7 Å². The topological polar surface area (TPSA) is 71.2 Å². The summed E-state index contributed by atoms with van der Waals surface area (Å²) in [5.41, 5.74) is 1.29. The molecule has 0 atom stereocenters. The predicted octanol–water partition coefficient (Wildman–Crippen LogP) is 3.57. The predicted molar refractivity (Wildman–Crippen MR) is 88.1 cm³/mol. The van der Waals surface area contributed by atoms with Crippen molar-refractivity contribution in [2.75, 3.05) is 12.4 Å². The number of H-pyrrole nitrogens is 1.